The van der Waals surface area contributed by atoms with Crippen molar-refractivity contribution in [2.75, 3.05) is 19.7 Å². The molecule has 0 radical (unpaired) electrons. The molecule has 126 valence electrons. The molecule has 0 heterocycles. The molecule has 0 fully saturated rings. The summed E-state index contributed by atoms with van der Waals surface area (Å²) in [5.41, 5.74) is 2.20. The van der Waals surface area contributed by atoms with E-state index in [4.69, 9.17) is 16.7 Å². The third-order valence-corrected chi connectivity index (χ3v) is 3.83. The summed E-state index contributed by atoms with van der Waals surface area (Å²) < 4.78 is 0. The Morgan fingerprint density at radius 2 is 1.75 bits per heavy atom. The lowest BCUT2D eigenvalue weighted by molar-refractivity contribution is -0.108. The first-order valence-corrected chi connectivity index (χ1v) is 8.14. The van der Waals surface area contributed by atoms with Crippen LogP contribution in [0.3, 0.4) is 0 Å². The molecule has 1 atom stereocenters. The number of hydrogen-bond donors (Lipinski definition) is 2. The van der Waals surface area contributed by atoms with Crippen LogP contribution in [-0.2, 0) is 4.79 Å². The maximum Gasteiger partial charge on any atom is 0.139 e. The van der Waals surface area contributed by atoms with Crippen molar-refractivity contribution in [3.63, 3.8) is 0 Å². The van der Waals surface area contributed by atoms with E-state index in [0.29, 0.717) is 11.6 Å². The van der Waals surface area contributed by atoms with Gasteiger partial charge >= 0.3 is 0 Å². The van der Waals surface area contributed by atoms with E-state index in [9.17, 15) is 4.79 Å². The van der Waals surface area contributed by atoms with Gasteiger partial charge in [-0.15, -0.1) is 0 Å². The van der Waals surface area contributed by atoms with E-state index in [1.807, 2.05) is 42.5 Å². The number of carbonyl (C=O) groups is 1. The van der Waals surface area contributed by atoms with Crippen molar-refractivity contribution in [1.82, 2.24) is 10.2 Å². The SMILES string of the molecule is O=CCN(/C=C/NC(c1ccccc1)c1ccc(Cl)cc1)CCO. The molecular formula is C19H21ClN2O2. The van der Waals surface area contributed by atoms with E-state index in [0.717, 1.165) is 17.4 Å². The van der Waals surface area contributed by atoms with E-state index in [2.05, 4.69) is 17.4 Å². The van der Waals surface area contributed by atoms with Crippen LogP contribution in [0.1, 0.15) is 17.2 Å². The summed E-state index contributed by atoms with van der Waals surface area (Å²) in [6, 6.07) is 17.7. The van der Waals surface area contributed by atoms with E-state index >= 15 is 0 Å². The lowest BCUT2D eigenvalue weighted by atomic mass is 9.99. The molecule has 0 aliphatic heterocycles. The summed E-state index contributed by atoms with van der Waals surface area (Å²) in [5.74, 6) is 0. The molecule has 0 aliphatic rings. The van der Waals surface area contributed by atoms with Crippen molar-refractivity contribution in [1.29, 1.82) is 0 Å². The summed E-state index contributed by atoms with van der Waals surface area (Å²) in [4.78, 5) is 12.4. The van der Waals surface area contributed by atoms with Crippen LogP contribution < -0.4 is 5.32 Å². The van der Waals surface area contributed by atoms with Gasteiger partial charge in [0.15, 0.2) is 0 Å². The Hall–Kier alpha value is -2.30. The number of carbonyl (C=O) groups excluding carboxylic acids is 1. The highest BCUT2D eigenvalue weighted by molar-refractivity contribution is 6.30. The monoisotopic (exact) mass is 344 g/mol. The van der Waals surface area contributed by atoms with Crippen molar-refractivity contribution in [3.05, 3.63) is 83.1 Å². The number of nitrogens with one attached hydrogen (secondary N) is 1. The van der Waals surface area contributed by atoms with E-state index in [-0.39, 0.29) is 19.2 Å². The van der Waals surface area contributed by atoms with Crippen LogP contribution in [0.4, 0.5) is 0 Å². The number of rotatable bonds is 9. The highest BCUT2D eigenvalue weighted by Gasteiger charge is 2.12. The molecule has 0 aromatic heterocycles. The van der Waals surface area contributed by atoms with Gasteiger partial charge in [0, 0.05) is 24.0 Å². The fraction of sp³-hybridized carbons (Fsp3) is 0.211. The van der Waals surface area contributed by atoms with E-state index in [1.54, 1.807) is 17.3 Å². The number of aliphatic hydroxyl groups is 1. The van der Waals surface area contributed by atoms with Crippen molar-refractivity contribution in [2.24, 2.45) is 0 Å². The van der Waals surface area contributed by atoms with Crippen LogP contribution in [0.15, 0.2) is 67.0 Å². The molecule has 4 nitrogen and oxygen atoms in total. The molecule has 2 N–H and O–H groups in total. The summed E-state index contributed by atoms with van der Waals surface area (Å²) in [7, 11) is 0. The first-order valence-electron chi connectivity index (χ1n) is 7.76. The Morgan fingerprint density at radius 3 is 2.38 bits per heavy atom. The lowest BCUT2D eigenvalue weighted by Gasteiger charge is -2.20. The number of aldehydes is 1. The zero-order valence-corrected chi connectivity index (χ0v) is 14.1. The highest BCUT2D eigenvalue weighted by atomic mass is 35.5. The Balaban J connectivity index is 2.17. The first-order chi connectivity index (χ1) is 11.7. The molecule has 0 saturated carbocycles. The van der Waals surface area contributed by atoms with Gasteiger partial charge in [-0.3, -0.25) is 0 Å². The third kappa shape index (κ3) is 5.41. The topological polar surface area (TPSA) is 52.6 Å². The smallest absolute Gasteiger partial charge is 0.139 e. The van der Waals surface area contributed by atoms with Crippen LogP contribution in [0.25, 0.3) is 0 Å². The average Bonchev–Trinajstić information content (AvgIpc) is 2.61. The Kier molecular flexibility index (Phi) is 7.33. The quantitative estimate of drug-likeness (QED) is 0.687. The maximum absolute atomic E-state index is 10.7. The first kappa shape index (κ1) is 18.0. The van der Waals surface area contributed by atoms with Gasteiger partial charge in [0.05, 0.1) is 19.2 Å². The summed E-state index contributed by atoms with van der Waals surface area (Å²) in [6.07, 6.45) is 4.38. The van der Waals surface area contributed by atoms with Gasteiger partial charge in [0.2, 0.25) is 0 Å². The molecule has 2 rings (SSSR count). The molecule has 24 heavy (non-hydrogen) atoms. The van der Waals surface area contributed by atoms with Crippen molar-refractivity contribution >= 4 is 17.9 Å². The van der Waals surface area contributed by atoms with Gasteiger partial charge in [0.25, 0.3) is 0 Å². The molecule has 5 heteroatoms. The molecular weight excluding hydrogens is 324 g/mol. The van der Waals surface area contributed by atoms with Crippen molar-refractivity contribution < 1.29 is 9.90 Å². The minimum absolute atomic E-state index is 0.00250. The summed E-state index contributed by atoms with van der Waals surface area (Å²) in [6.45, 7) is 0.654. The van der Waals surface area contributed by atoms with Crippen LogP contribution >= 0.6 is 11.6 Å². The molecule has 0 aliphatic carbocycles. The van der Waals surface area contributed by atoms with Gasteiger partial charge < -0.3 is 20.1 Å². The minimum atomic E-state index is -0.0353. The van der Waals surface area contributed by atoms with Gasteiger partial charge in [0.1, 0.15) is 6.29 Å². The van der Waals surface area contributed by atoms with Crippen LogP contribution in [0.5, 0.6) is 0 Å². The number of halogens is 1. The number of nitrogens with zero attached hydrogens (tertiary/aromatic N) is 1. The highest BCUT2D eigenvalue weighted by Crippen LogP contribution is 2.23. The molecule has 0 saturated heterocycles. The van der Waals surface area contributed by atoms with Crippen molar-refractivity contribution in [2.45, 2.75) is 6.04 Å². The second-order valence-corrected chi connectivity index (χ2v) is 5.70. The molecule has 2 aromatic rings. The predicted molar refractivity (Wildman–Crippen MR) is 96.7 cm³/mol. The molecule has 0 bridgehead atoms. The number of aliphatic hydroxyl groups excluding tert-OH is 1. The van der Waals surface area contributed by atoms with Gasteiger partial charge in [-0.2, -0.15) is 0 Å². The van der Waals surface area contributed by atoms with Gasteiger partial charge in [-0.1, -0.05) is 54.1 Å². The van der Waals surface area contributed by atoms with Gasteiger partial charge in [-0.25, -0.2) is 0 Å². The van der Waals surface area contributed by atoms with E-state index < -0.39 is 0 Å². The fourth-order valence-corrected chi connectivity index (χ4v) is 2.51. The number of benzene rings is 2. The Morgan fingerprint density at radius 1 is 1.08 bits per heavy atom. The van der Waals surface area contributed by atoms with Crippen LogP contribution in [0, 0.1) is 0 Å². The maximum atomic E-state index is 10.7. The lowest BCUT2D eigenvalue weighted by Crippen LogP contribution is -2.25. The van der Waals surface area contributed by atoms with Gasteiger partial charge in [-0.05, 0) is 23.3 Å². The minimum Gasteiger partial charge on any atom is -0.395 e. The summed E-state index contributed by atoms with van der Waals surface area (Å²) in [5, 5.41) is 13.1. The van der Waals surface area contributed by atoms with Crippen LogP contribution in [0.2, 0.25) is 5.02 Å². The number of hydrogen-bond acceptors (Lipinski definition) is 4. The second kappa shape index (κ2) is 9.75. The predicted octanol–water partition coefficient (Wildman–Crippen LogP) is 2.98. The second-order valence-electron chi connectivity index (χ2n) is 5.26. The standard InChI is InChI=1S/C19H21ClN2O2/c20-18-8-6-17(7-9-18)19(16-4-2-1-3-5-16)21-10-11-22(12-14-23)13-15-24/h1-11,14,19,21,24H,12-13,15H2/b11-10+. The summed E-state index contributed by atoms with van der Waals surface area (Å²) >= 11 is 5.98. The van der Waals surface area contributed by atoms with Crippen molar-refractivity contribution in [3.8, 4) is 0 Å². The Bertz CT molecular complexity index is 644. The Labute approximate surface area is 147 Å². The third-order valence-electron chi connectivity index (χ3n) is 3.58. The van der Waals surface area contributed by atoms with Crippen LogP contribution in [-0.4, -0.2) is 36.0 Å². The molecule has 0 amide bonds. The van der Waals surface area contributed by atoms with E-state index in [1.165, 1.54) is 0 Å². The zero-order chi connectivity index (χ0) is 17.2. The largest absolute Gasteiger partial charge is 0.395 e. The average molecular weight is 345 g/mol. The fourth-order valence-electron chi connectivity index (χ4n) is 2.38. The molecule has 1 unspecified atom stereocenters. The molecule has 0 spiro atoms. The molecule has 2 aromatic carbocycles. The zero-order valence-electron chi connectivity index (χ0n) is 13.3. The normalized spacial score (nSPS) is 12.1.